The number of aromatic nitrogens is 2. The van der Waals surface area contributed by atoms with Crippen LogP contribution in [0.5, 0.6) is 5.75 Å². The fraction of sp³-hybridized carbons (Fsp3) is 0.348. The first-order chi connectivity index (χ1) is 14.5. The van der Waals surface area contributed by atoms with Crippen LogP contribution in [-0.4, -0.2) is 22.6 Å². The van der Waals surface area contributed by atoms with Crippen LogP contribution in [0.2, 0.25) is 5.02 Å². The summed E-state index contributed by atoms with van der Waals surface area (Å²) < 4.78 is 6.84. The van der Waals surface area contributed by atoms with Crippen molar-refractivity contribution in [3.63, 3.8) is 0 Å². The predicted molar refractivity (Wildman–Crippen MR) is 118 cm³/mol. The molecule has 0 spiro atoms. The molecule has 2 aromatic carbocycles. The lowest BCUT2D eigenvalue weighted by Crippen LogP contribution is -2.30. The summed E-state index contributed by atoms with van der Waals surface area (Å²) in [5.74, 6) is 0.923. The number of rotatable bonds is 5. The molecule has 0 radical (unpaired) electrons. The van der Waals surface area contributed by atoms with E-state index in [2.05, 4.69) is 10.3 Å². The number of ether oxygens (including phenoxy) is 1. The number of nitrogens with zero attached hydrogens (tertiary/aromatic N) is 2. The molecule has 1 N–H and O–H groups in total. The molecular weight excluding hydrogens is 402 g/mol. The number of carbonyl (C=O) groups is 1. The maximum Gasteiger partial charge on any atom is 0.261 e. The van der Waals surface area contributed by atoms with Gasteiger partial charge in [-0.1, -0.05) is 23.7 Å². The van der Waals surface area contributed by atoms with Gasteiger partial charge in [0.15, 0.2) is 0 Å². The van der Waals surface area contributed by atoms with E-state index in [0.29, 0.717) is 34.3 Å². The van der Waals surface area contributed by atoms with Crippen molar-refractivity contribution in [3.8, 4) is 5.75 Å². The van der Waals surface area contributed by atoms with Crippen molar-refractivity contribution >= 4 is 34.1 Å². The summed E-state index contributed by atoms with van der Waals surface area (Å²) in [6.07, 6.45) is 5.05. The van der Waals surface area contributed by atoms with Gasteiger partial charge in [-0.05, 0) is 61.9 Å². The second-order valence-electron chi connectivity index (χ2n) is 7.78. The maximum absolute atomic E-state index is 12.7. The Kier molecular flexibility index (Phi) is 6.04. The van der Waals surface area contributed by atoms with E-state index in [4.69, 9.17) is 16.3 Å². The van der Waals surface area contributed by atoms with Gasteiger partial charge < -0.3 is 10.1 Å². The molecule has 1 aliphatic carbocycles. The highest BCUT2D eigenvalue weighted by molar-refractivity contribution is 6.32. The Balaban J connectivity index is 1.35. The van der Waals surface area contributed by atoms with Crippen LogP contribution in [0.15, 0.2) is 53.6 Å². The van der Waals surface area contributed by atoms with E-state index in [9.17, 15) is 9.59 Å². The van der Waals surface area contributed by atoms with E-state index in [1.807, 2.05) is 24.3 Å². The van der Waals surface area contributed by atoms with Crippen LogP contribution >= 0.6 is 11.6 Å². The molecule has 1 aliphatic rings. The molecule has 156 valence electrons. The number of anilines is 1. The molecule has 1 aromatic heterocycles. The minimum Gasteiger partial charge on any atom is -0.495 e. The number of hydrogen-bond donors (Lipinski definition) is 1. The molecule has 0 saturated heterocycles. The van der Waals surface area contributed by atoms with E-state index in [0.717, 1.165) is 31.2 Å². The normalized spacial score (nSPS) is 18.9. The predicted octanol–water partition coefficient (Wildman–Crippen LogP) is 4.50. The number of nitrogens with one attached hydrogen (secondary N) is 1. The number of para-hydroxylation sites is 1. The van der Waals surface area contributed by atoms with Crippen LogP contribution in [0.25, 0.3) is 10.9 Å². The summed E-state index contributed by atoms with van der Waals surface area (Å²) in [7, 11) is 1.56. The van der Waals surface area contributed by atoms with Gasteiger partial charge in [-0.15, -0.1) is 0 Å². The summed E-state index contributed by atoms with van der Waals surface area (Å²) >= 11 is 6.13. The molecule has 0 atom stereocenters. The summed E-state index contributed by atoms with van der Waals surface area (Å²) in [5, 5.41) is 4.06. The zero-order chi connectivity index (χ0) is 21.1. The summed E-state index contributed by atoms with van der Waals surface area (Å²) in [6.45, 7) is 0.638. The standard InChI is InChI=1S/C23H24ClN3O3/c1-30-21-11-10-17(12-19(21)24)26-22(28)16-8-6-15(7-9-16)13-27-14-25-20-5-3-2-4-18(20)23(27)29/h2-5,10-12,14-16H,6-9,13H2,1H3,(H,26,28). The van der Waals surface area contributed by atoms with E-state index in [-0.39, 0.29) is 17.4 Å². The van der Waals surface area contributed by atoms with Crippen molar-refractivity contribution in [2.75, 3.05) is 12.4 Å². The largest absolute Gasteiger partial charge is 0.495 e. The lowest BCUT2D eigenvalue weighted by atomic mass is 9.81. The van der Waals surface area contributed by atoms with Crippen molar-refractivity contribution in [2.45, 2.75) is 32.2 Å². The van der Waals surface area contributed by atoms with Gasteiger partial charge in [-0.2, -0.15) is 0 Å². The number of halogens is 1. The van der Waals surface area contributed by atoms with E-state index in [1.165, 1.54) is 0 Å². The van der Waals surface area contributed by atoms with Crippen molar-refractivity contribution in [2.24, 2.45) is 11.8 Å². The molecule has 0 bridgehead atoms. The van der Waals surface area contributed by atoms with E-state index in [1.54, 1.807) is 36.2 Å². The third kappa shape index (κ3) is 4.33. The summed E-state index contributed by atoms with van der Waals surface area (Å²) in [4.78, 5) is 29.7. The highest BCUT2D eigenvalue weighted by Gasteiger charge is 2.27. The lowest BCUT2D eigenvalue weighted by molar-refractivity contribution is -0.121. The van der Waals surface area contributed by atoms with Crippen LogP contribution in [-0.2, 0) is 11.3 Å². The molecule has 1 fully saturated rings. The van der Waals surface area contributed by atoms with Crippen LogP contribution < -0.4 is 15.6 Å². The second kappa shape index (κ2) is 8.88. The zero-order valence-corrected chi connectivity index (χ0v) is 17.6. The summed E-state index contributed by atoms with van der Waals surface area (Å²) in [6, 6.07) is 12.6. The first-order valence-corrected chi connectivity index (χ1v) is 10.5. The Hall–Kier alpha value is -2.86. The minimum atomic E-state index is -0.0337. The van der Waals surface area contributed by atoms with Crippen LogP contribution in [0, 0.1) is 11.8 Å². The monoisotopic (exact) mass is 425 g/mol. The number of fused-ring (bicyclic) bond motifs is 1. The molecule has 6 nitrogen and oxygen atoms in total. The molecule has 3 aromatic rings. The first-order valence-electron chi connectivity index (χ1n) is 10.1. The maximum atomic E-state index is 12.7. The zero-order valence-electron chi connectivity index (χ0n) is 16.8. The van der Waals surface area contributed by atoms with Gasteiger partial charge >= 0.3 is 0 Å². The summed E-state index contributed by atoms with van der Waals surface area (Å²) in [5.41, 5.74) is 1.39. The van der Waals surface area contributed by atoms with Crippen molar-refractivity contribution in [1.29, 1.82) is 0 Å². The lowest BCUT2D eigenvalue weighted by Gasteiger charge is -2.28. The molecule has 1 amide bonds. The highest BCUT2D eigenvalue weighted by Crippen LogP contribution is 2.32. The molecule has 4 rings (SSSR count). The smallest absolute Gasteiger partial charge is 0.261 e. The van der Waals surface area contributed by atoms with Gasteiger partial charge in [0.25, 0.3) is 5.56 Å². The van der Waals surface area contributed by atoms with E-state index >= 15 is 0 Å². The molecular formula is C23H24ClN3O3. The Morgan fingerprint density at radius 3 is 2.70 bits per heavy atom. The molecule has 7 heteroatoms. The van der Waals surface area contributed by atoms with Crippen molar-refractivity contribution in [1.82, 2.24) is 9.55 Å². The molecule has 1 saturated carbocycles. The third-order valence-corrected chi connectivity index (χ3v) is 6.12. The Labute approximate surface area is 179 Å². The quantitative estimate of drug-likeness (QED) is 0.653. The topological polar surface area (TPSA) is 73.2 Å². The average molecular weight is 426 g/mol. The van der Waals surface area contributed by atoms with Gasteiger partial charge in [0.05, 0.1) is 29.4 Å². The van der Waals surface area contributed by atoms with Crippen molar-refractivity contribution in [3.05, 3.63) is 64.2 Å². The van der Waals surface area contributed by atoms with Crippen molar-refractivity contribution < 1.29 is 9.53 Å². The number of methoxy groups -OCH3 is 1. The molecule has 0 unspecified atom stereocenters. The minimum absolute atomic E-state index is 0.00292. The van der Waals surface area contributed by atoms with Crippen LogP contribution in [0.1, 0.15) is 25.7 Å². The second-order valence-corrected chi connectivity index (χ2v) is 8.18. The third-order valence-electron chi connectivity index (χ3n) is 5.82. The van der Waals surface area contributed by atoms with Gasteiger partial charge in [-0.3, -0.25) is 14.2 Å². The molecule has 1 heterocycles. The Morgan fingerprint density at radius 1 is 1.20 bits per heavy atom. The number of hydrogen-bond acceptors (Lipinski definition) is 4. The fourth-order valence-electron chi connectivity index (χ4n) is 4.11. The van der Waals surface area contributed by atoms with Gasteiger partial charge in [0.1, 0.15) is 5.75 Å². The number of amides is 1. The highest BCUT2D eigenvalue weighted by atomic mass is 35.5. The van der Waals surface area contributed by atoms with Crippen LogP contribution in [0.3, 0.4) is 0 Å². The Bertz CT molecular complexity index is 1120. The van der Waals surface area contributed by atoms with Crippen LogP contribution in [0.4, 0.5) is 5.69 Å². The molecule has 0 aliphatic heterocycles. The number of carbonyl (C=O) groups excluding carboxylic acids is 1. The van der Waals surface area contributed by atoms with Gasteiger partial charge in [-0.25, -0.2) is 4.98 Å². The number of benzene rings is 2. The first kappa shape index (κ1) is 20.4. The van der Waals surface area contributed by atoms with Gasteiger partial charge in [0.2, 0.25) is 5.91 Å². The average Bonchev–Trinajstić information content (AvgIpc) is 2.76. The van der Waals surface area contributed by atoms with Gasteiger partial charge in [0, 0.05) is 18.2 Å². The fourth-order valence-corrected chi connectivity index (χ4v) is 4.37. The molecule has 30 heavy (non-hydrogen) atoms. The Morgan fingerprint density at radius 2 is 1.97 bits per heavy atom. The van der Waals surface area contributed by atoms with E-state index < -0.39 is 0 Å². The SMILES string of the molecule is COc1ccc(NC(=O)C2CCC(Cn3cnc4ccccc4c3=O)CC2)cc1Cl.